The van der Waals surface area contributed by atoms with E-state index in [9.17, 15) is 4.79 Å². The Kier molecular flexibility index (Phi) is 5.33. The minimum atomic E-state index is 0.289. The monoisotopic (exact) mass is 319 g/mol. The summed E-state index contributed by atoms with van der Waals surface area (Å²) in [7, 11) is 0. The van der Waals surface area contributed by atoms with Crippen LogP contribution in [-0.2, 0) is 11.3 Å². The topological polar surface area (TPSA) is 44.6 Å². The molecule has 3 rings (SSSR count). The summed E-state index contributed by atoms with van der Waals surface area (Å²) in [5.41, 5.74) is 1.22. The fraction of sp³-hybridized carbons (Fsp3) is 0.765. The highest BCUT2D eigenvalue weighted by Crippen LogP contribution is 2.22. The van der Waals surface area contributed by atoms with Gasteiger partial charge >= 0.3 is 0 Å². The van der Waals surface area contributed by atoms with Gasteiger partial charge in [0.05, 0.1) is 24.6 Å². The Morgan fingerprint density at radius 1 is 1.30 bits per heavy atom. The number of likely N-dealkylation sites (N-methyl/N-ethyl adjacent to an activating group) is 1. The number of aromatic nitrogens is 2. The fourth-order valence-corrected chi connectivity index (χ4v) is 3.77. The van der Waals surface area contributed by atoms with Gasteiger partial charge in [-0.1, -0.05) is 13.8 Å². The lowest BCUT2D eigenvalue weighted by molar-refractivity contribution is -0.131. The molecule has 6 nitrogen and oxygen atoms in total. The van der Waals surface area contributed by atoms with Crippen molar-refractivity contribution in [3.63, 3.8) is 0 Å². The maximum atomic E-state index is 12.5. The molecule has 0 saturated carbocycles. The molecule has 2 aliphatic heterocycles. The fourth-order valence-electron chi connectivity index (χ4n) is 3.77. The predicted octanol–water partition coefficient (Wildman–Crippen LogP) is 1.20. The zero-order valence-electron chi connectivity index (χ0n) is 14.4. The maximum absolute atomic E-state index is 12.5. The molecule has 0 radical (unpaired) electrons. The molecule has 1 fully saturated rings. The summed E-state index contributed by atoms with van der Waals surface area (Å²) in [6.45, 7) is 11.7. The smallest absolute Gasteiger partial charge is 0.236 e. The molecule has 0 spiro atoms. The number of amides is 1. The van der Waals surface area contributed by atoms with Crippen molar-refractivity contribution in [3.8, 4) is 0 Å². The lowest BCUT2D eigenvalue weighted by Crippen LogP contribution is -2.46. The highest BCUT2D eigenvalue weighted by Gasteiger charge is 2.28. The van der Waals surface area contributed by atoms with Crippen LogP contribution in [0.4, 0.5) is 0 Å². The van der Waals surface area contributed by atoms with E-state index in [1.807, 2.05) is 17.4 Å². The van der Waals surface area contributed by atoms with Crippen molar-refractivity contribution < 1.29 is 4.79 Å². The number of carbonyl (C=O) groups is 1. The molecule has 128 valence electrons. The van der Waals surface area contributed by atoms with Gasteiger partial charge in [-0.15, -0.1) is 0 Å². The first-order valence-electron chi connectivity index (χ1n) is 8.94. The Hall–Kier alpha value is -1.40. The first-order valence-corrected chi connectivity index (χ1v) is 8.94. The van der Waals surface area contributed by atoms with Gasteiger partial charge in [-0.3, -0.25) is 9.69 Å². The number of nitrogens with zero attached hydrogens (tertiary/aromatic N) is 5. The van der Waals surface area contributed by atoms with Gasteiger partial charge in [-0.2, -0.15) is 0 Å². The number of hydrogen-bond donors (Lipinski definition) is 0. The zero-order valence-corrected chi connectivity index (χ0v) is 14.4. The van der Waals surface area contributed by atoms with Crippen LogP contribution in [0.5, 0.6) is 0 Å². The average molecular weight is 319 g/mol. The first-order chi connectivity index (χ1) is 11.2. The number of carbonyl (C=O) groups excluding carboxylic acids is 1. The Labute approximate surface area is 139 Å². The molecule has 23 heavy (non-hydrogen) atoms. The standard InChI is InChI=1S/C17H29N5O/c1-3-19(4-2)11-16-12-20(10-15-9-18-14-22(15)16)13-17(23)21-7-5-6-8-21/h9,14,16H,3-8,10-13H2,1-2H3. The van der Waals surface area contributed by atoms with E-state index in [4.69, 9.17) is 0 Å². The minimum absolute atomic E-state index is 0.289. The van der Waals surface area contributed by atoms with Gasteiger partial charge in [0, 0.05) is 38.9 Å². The third kappa shape index (κ3) is 3.75. The molecular formula is C17H29N5O. The molecule has 2 aliphatic rings. The average Bonchev–Trinajstić information content (AvgIpc) is 3.23. The van der Waals surface area contributed by atoms with E-state index >= 15 is 0 Å². The van der Waals surface area contributed by atoms with Crippen LogP contribution in [0.3, 0.4) is 0 Å². The molecule has 1 aromatic rings. The normalized spacial score (nSPS) is 21.9. The molecule has 0 bridgehead atoms. The molecule has 0 aromatic carbocycles. The SMILES string of the molecule is CCN(CC)CC1CN(CC(=O)N2CCCC2)Cc2cncn21. The summed E-state index contributed by atoms with van der Waals surface area (Å²) < 4.78 is 2.30. The molecule has 1 saturated heterocycles. The van der Waals surface area contributed by atoms with E-state index in [1.54, 1.807) is 0 Å². The molecule has 0 aliphatic carbocycles. The van der Waals surface area contributed by atoms with Gasteiger partial charge in [-0.05, 0) is 25.9 Å². The Morgan fingerprint density at radius 2 is 2.04 bits per heavy atom. The maximum Gasteiger partial charge on any atom is 0.236 e. The summed E-state index contributed by atoms with van der Waals surface area (Å²) in [4.78, 5) is 23.5. The summed E-state index contributed by atoms with van der Waals surface area (Å²) in [5, 5.41) is 0. The lowest BCUT2D eigenvalue weighted by atomic mass is 10.1. The summed E-state index contributed by atoms with van der Waals surface area (Å²) >= 11 is 0. The molecule has 0 N–H and O–H groups in total. The largest absolute Gasteiger partial charge is 0.342 e. The van der Waals surface area contributed by atoms with Gasteiger partial charge in [0.2, 0.25) is 5.91 Å². The third-order valence-electron chi connectivity index (χ3n) is 5.18. The summed E-state index contributed by atoms with van der Waals surface area (Å²) in [5.74, 6) is 0.289. The van der Waals surface area contributed by atoms with Crippen molar-refractivity contribution >= 4 is 5.91 Å². The van der Waals surface area contributed by atoms with Gasteiger partial charge < -0.3 is 14.4 Å². The number of rotatable bonds is 6. The van der Waals surface area contributed by atoms with Crippen molar-refractivity contribution in [3.05, 3.63) is 18.2 Å². The Morgan fingerprint density at radius 3 is 2.74 bits per heavy atom. The summed E-state index contributed by atoms with van der Waals surface area (Å²) in [6, 6.07) is 0.382. The lowest BCUT2D eigenvalue weighted by Gasteiger charge is -2.37. The molecule has 1 aromatic heterocycles. The van der Waals surface area contributed by atoms with Crippen LogP contribution in [0.2, 0.25) is 0 Å². The quantitative estimate of drug-likeness (QED) is 0.790. The minimum Gasteiger partial charge on any atom is -0.342 e. The highest BCUT2D eigenvalue weighted by atomic mass is 16.2. The summed E-state index contributed by atoms with van der Waals surface area (Å²) in [6.07, 6.45) is 6.21. The second kappa shape index (κ2) is 7.45. The second-order valence-electron chi connectivity index (χ2n) is 6.69. The number of likely N-dealkylation sites (tertiary alicyclic amines) is 1. The van der Waals surface area contributed by atoms with Crippen LogP contribution < -0.4 is 0 Å². The van der Waals surface area contributed by atoms with Crippen LogP contribution in [0, 0.1) is 0 Å². The molecule has 1 unspecified atom stereocenters. The van der Waals surface area contributed by atoms with Gasteiger partial charge in [0.25, 0.3) is 0 Å². The number of fused-ring (bicyclic) bond motifs is 1. The van der Waals surface area contributed by atoms with Gasteiger partial charge in [-0.25, -0.2) is 4.98 Å². The van der Waals surface area contributed by atoms with Crippen molar-refractivity contribution in [2.24, 2.45) is 0 Å². The number of hydrogen-bond acceptors (Lipinski definition) is 4. The van der Waals surface area contributed by atoms with E-state index in [0.29, 0.717) is 12.6 Å². The van der Waals surface area contributed by atoms with Crippen LogP contribution in [0.25, 0.3) is 0 Å². The molecule has 1 atom stereocenters. The third-order valence-corrected chi connectivity index (χ3v) is 5.18. The van der Waals surface area contributed by atoms with E-state index in [2.05, 4.69) is 33.2 Å². The van der Waals surface area contributed by atoms with Crippen LogP contribution >= 0.6 is 0 Å². The number of imidazole rings is 1. The highest BCUT2D eigenvalue weighted by molar-refractivity contribution is 5.78. The molecule has 6 heteroatoms. The zero-order chi connectivity index (χ0) is 16.2. The van der Waals surface area contributed by atoms with Crippen LogP contribution in [0.15, 0.2) is 12.5 Å². The van der Waals surface area contributed by atoms with Crippen molar-refractivity contribution in [2.75, 3.05) is 45.8 Å². The molecular weight excluding hydrogens is 290 g/mol. The molecule has 3 heterocycles. The predicted molar refractivity (Wildman–Crippen MR) is 90.1 cm³/mol. The van der Waals surface area contributed by atoms with E-state index < -0.39 is 0 Å². The Bertz CT molecular complexity index is 519. The van der Waals surface area contributed by atoms with Crippen molar-refractivity contribution in [2.45, 2.75) is 39.3 Å². The van der Waals surface area contributed by atoms with Crippen LogP contribution in [-0.4, -0.2) is 76.0 Å². The van der Waals surface area contributed by atoms with E-state index in [-0.39, 0.29) is 5.91 Å². The second-order valence-corrected chi connectivity index (χ2v) is 6.69. The van der Waals surface area contributed by atoms with Gasteiger partial charge in [0.1, 0.15) is 0 Å². The van der Waals surface area contributed by atoms with Gasteiger partial charge in [0.15, 0.2) is 0 Å². The Balaban J connectivity index is 1.66. The van der Waals surface area contributed by atoms with E-state index in [0.717, 1.165) is 58.7 Å². The molecule has 1 amide bonds. The first kappa shape index (κ1) is 16.5. The van der Waals surface area contributed by atoms with Crippen molar-refractivity contribution in [1.29, 1.82) is 0 Å². The van der Waals surface area contributed by atoms with Crippen molar-refractivity contribution in [1.82, 2.24) is 24.3 Å². The van der Waals surface area contributed by atoms with E-state index in [1.165, 1.54) is 5.69 Å². The van der Waals surface area contributed by atoms with Crippen LogP contribution in [0.1, 0.15) is 38.4 Å².